The summed E-state index contributed by atoms with van der Waals surface area (Å²) in [6, 6.07) is 2.12. The lowest BCUT2D eigenvalue weighted by Crippen LogP contribution is -2.29. The van der Waals surface area contributed by atoms with Crippen molar-refractivity contribution in [2.24, 2.45) is 0 Å². The number of nitrogen functional groups attached to an aromatic ring is 1. The van der Waals surface area contributed by atoms with E-state index >= 15 is 0 Å². The Labute approximate surface area is 116 Å². The molecule has 1 aromatic rings. The second-order valence-corrected chi connectivity index (χ2v) is 4.94. The average molecular weight is 283 g/mol. The van der Waals surface area contributed by atoms with Gasteiger partial charge in [0.15, 0.2) is 0 Å². The van der Waals surface area contributed by atoms with Gasteiger partial charge in [-0.1, -0.05) is 0 Å². The first-order chi connectivity index (χ1) is 9.51. The van der Waals surface area contributed by atoms with Gasteiger partial charge in [0.05, 0.1) is 17.4 Å². The lowest BCUT2D eigenvalue weighted by atomic mass is 9.95. The van der Waals surface area contributed by atoms with E-state index in [1.807, 2.05) is 0 Å². The summed E-state index contributed by atoms with van der Waals surface area (Å²) in [5.74, 6) is -2.01. The molecule has 1 aliphatic carbocycles. The lowest BCUT2D eigenvalue weighted by molar-refractivity contribution is 0.0211. The predicted molar refractivity (Wildman–Crippen MR) is 71.5 cm³/mol. The second-order valence-electron chi connectivity index (χ2n) is 4.94. The summed E-state index contributed by atoms with van der Waals surface area (Å²) in [6.07, 6.45) is 3.57. The summed E-state index contributed by atoms with van der Waals surface area (Å²) in [6.45, 7) is 0. The highest BCUT2D eigenvalue weighted by molar-refractivity contribution is 5.89. The van der Waals surface area contributed by atoms with Crippen LogP contribution >= 0.6 is 0 Å². The first-order valence-electron chi connectivity index (χ1n) is 6.53. The van der Waals surface area contributed by atoms with Gasteiger partial charge >= 0.3 is 5.97 Å². The molecule has 1 saturated carbocycles. The van der Waals surface area contributed by atoms with Crippen LogP contribution in [0.5, 0.6) is 5.75 Å². The molecule has 1 fully saturated rings. The molecule has 5 nitrogen and oxygen atoms in total. The molecule has 3 N–H and O–H groups in total. The fraction of sp³-hybridized carbons (Fsp3) is 0.500. The fourth-order valence-corrected chi connectivity index (χ4v) is 2.44. The van der Waals surface area contributed by atoms with Crippen molar-refractivity contribution >= 4 is 11.7 Å². The molecule has 0 spiro atoms. The predicted octanol–water partition coefficient (Wildman–Crippen LogP) is 2.44. The number of rotatable bonds is 4. The molecule has 2 atom stereocenters. The Morgan fingerprint density at radius 2 is 2.10 bits per heavy atom. The molecule has 0 bridgehead atoms. The van der Waals surface area contributed by atoms with Crippen molar-refractivity contribution in [3.8, 4) is 5.75 Å². The van der Waals surface area contributed by atoms with Crippen LogP contribution in [0.2, 0.25) is 0 Å². The zero-order valence-electron chi connectivity index (χ0n) is 11.3. The molecule has 0 aliphatic heterocycles. The number of carbonyl (C=O) groups is 1. The van der Waals surface area contributed by atoms with E-state index in [2.05, 4.69) is 0 Å². The third kappa shape index (κ3) is 3.19. The molecule has 2 unspecified atom stereocenters. The number of ether oxygens (including phenoxy) is 2. The summed E-state index contributed by atoms with van der Waals surface area (Å²) in [5, 5.41) is 8.82. The molecule has 0 aromatic heterocycles. The van der Waals surface area contributed by atoms with E-state index in [1.54, 1.807) is 7.11 Å². The molecular formula is C14H18FNO4. The first kappa shape index (κ1) is 14.6. The lowest BCUT2D eigenvalue weighted by Gasteiger charge is -2.29. The monoisotopic (exact) mass is 283 g/mol. The summed E-state index contributed by atoms with van der Waals surface area (Å²) < 4.78 is 24.6. The number of carboxylic acids is 1. The Morgan fingerprint density at radius 3 is 2.75 bits per heavy atom. The Hall–Kier alpha value is -1.82. The number of anilines is 1. The van der Waals surface area contributed by atoms with Crippen molar-refractivity contribution in [2.75, 3.05) is 12.8 Å². The Morgan fingerprint density at radius 1 is 1.40 bits per heavy atom. The maximum absolute atomic E-state index is 13.6. The highest BCUT2D eigenvalue weighted by atomic mass is 19.1. The molecule has 0 saturated heterocycles. The van der Waals surface area contributed by atoms with Crippen molar-refractivity contribution in [3.63, 3.8) is 0 Å². The first-order valence-corrected chi connectivity index (χ1v) is 6.53. The zero-order chi connectivity index (χ0) is 14.7. The molecule has 2 rings (SSSR count). The highest BCUT2D eigenvalue weighted by Gasteiger charge is 2.24. The van der Waals surface area contributed by atoms with Crippen molar-refractivity contribution in [1.82, 2.24) is 0 Å². The molecule has 0 radical (unpaired) electrons. The van der Waals surface area contributed by atoms with Gasteiger partial charge in [0, 0.05) is 19.6 Å². The van der Waals surface area contributed by atoms with E-state index in [-0.39, 0.29) is 23.6 Å². The highest BCUT2D eigenvalue weighted by Crippen LogP contribution is 2.30. The van der Waals surface area contributed by atoms with Gasteiger partial charge in [-0.2, -0.15) is 0 Å². The van der Waals surface area contributed by atoms with E-state index in [4.69, 9.17) is 20.3 Å². The van der Waals surface area contributed by atoms with E-state index in [1.165, 1.54) is 0 Å². The summed E-state index contributed by atoms with van der Waals surface area (Å²) in [4.78, 5) is 10.8. The Bertz CT molecular complexity index is 506. The van der Waals surface area contributed by atoms with Gasteiger partial charge in [-0.3, -0.25) is 0 Å². The number of nitrogens with two attached hydrogens (primary N) is 1. The number of halogens is 1. The smallest absolute Gasteiger partial charge is 0.338 e. The van der Waals surface area contributed by atoms with E-state index in [0.717, 1.165) is 37.8 Å². The van der Waals surface area contributed by atoms with Crippen LogP contribution in [-0.2, 0) is 4.74 Å². The summed E-state index contributed by atoms with van der Waals surface area (Å²) in [7, 11) is 1.66. The quantitative estimate of drug-likeness (QED) is 0.829. The Kier molecular flexibility index (Phi) is 4.44. The van der Waals surface area contributed by atoms with Crippen LogP contribution in [0.25, 0.3) is 0 Å². The Balaban J connectivity index is 2.13. The fourth-order valence-electron chi connectivity index (χ4n) is 2.44. The number of aromatic carboxylic acids is 1. The molecule has 1 aliphatic rings. The van der Waals surface area contributed by atoms with E-state index in [9.17, 15) is 9.18 Å². The molecular weight excluding hydrogens is 265 g/mol. The van der Waals surface area contributed by atoms with Crippen LogP contribution in [0.15, 0.2) is 12.1 Å². The van der Waals surface area contributed by atoms with Crippen molar-refractivity contribution in [3.05, 3.63) is 23.5 Å². The van der Waals surface area contributed by atoms with Crippen molar-refractivity contribution in [1.29, 1.82) is 0 Å². The van der Waals surface area contributed by atoms with Crippen molar-refractivity contribution < 1.29 is 23.8 Å². The SMILES string of the molecule is COC1CCCC(Oc2cc(F)c(C(=O)O)cc2N)C1. The van der Waals surface area contributed by atoms with Crippen LogP contribution < -0.4 is 10.5 Å². The third-order valence-corrected chi connectivity index (χ3v) is 3.53. The maximum atomic E-state index is 13.6. The number of carboxylic acid groups (broad SMARTS) is 1. The minimum Gasteiger partial charge on any atom is -0.488 e. The van der Waals surface area contributed by atoms with Gasteiger partial charge < -0.3 is 20.3 Å². The molecule has 110 valence electrons. The van der Waals surface area contributed by atoms with Crippen LogP contribution in [-0.4, -0.2) is 30.4 Å². The average Bonchev–Trinajstić information content (AvgIpc) is 2.42. The maximum Gasteiger partial charge on any atom is 0.338 e. The van der Waals surface area contributed by atoms with E-state index < -0.39 is 17.3 Å². The number of methoxy groups -OCH3 is 1. The molecule has 0 heterocycles. The summed E-state index contributed by atoms with van der Waals surface area (Å²) in [5.41, 5.74) is 5.40. The zero-order valence-corrected chi connectivity index (χ0v) is 11.3. The van der Waals surface area contributed by atoms with Gasteiger partial charge in [0.25, 0.3) is 0 Å². The largest absolute Gasteiger partial charge is 0.488 e. The standard InChI is InChI=1S/C14H18FNO4/c1-19-8-3-2-4-9(5-8)20-13-7-11(15)10(14(17)18)6-12(13)16/h6-9H,2-5,16H2,1H3,(H,17,18). The number of hydrogen-bond donors (Lipinski definition) is 2. The number of hydrogen-bond acceptors (Lipinski definition) is 4. The minimum atomic E-state index is -1.35. The minimum absolute atomic E-state index is 0.0916. The van der Waals surface area contributed by atoms with Crippen LogP contribution in [0.1, 0.15) is 36.0 Å². The van der Waals surface area contributed by atoms with E-state index in [0.29, 0.717) is 0 Å². The van der Waals surface area contributed by atoms with Gasteiger partial charge in [0.1, 0.15) is 17.7 Å². The second kappa shape index (κ2) is 6.09. The van der Waals surface area contributed by atoms with Crippen molar-refractivity contribution in [2.45, 2.75) is 37.9 Å². The summed E-state index contributed by atoms with van der Waals surface area (Å²) >= 11 is 0. The normalized spacial score (nSPS) is 22.5. The van der Waals surface area contributed by atoms with Gasteiger partial charge in [-0.15, -0.1) is 0 Å². The number of benzene rings is 1. The van der Waals surface area contributed by atoms with Gasteiger partial charge in [-0.25, -0.2) is 9.18 Å². The molecule has 20 heavy (non-hydrogen) atoms. The van der Waals surface area contributed by atoms with Crippen LogP contribution in [0.4, 0.5) is 10.1 Å². The van der Waals surface area contributed by atoms with Crippen LogP contribution in [0.3, 0.4) is 0 Å². The van der Waals surface area contributed by atoms with Gasteiger partial charge in [0.2, 0.25) is 0 Å². The molecule has 0 amide bonds. The van der Waals surface area contributed by atoms with Gasteiger partial charge in [-0.05, 0) is 25.3 Å². The topological polar surface area (TPSA) is 81.8 Å². The molecule has 6 heteroatoms. The van der Waals surface area contributed by atoms with Crippen LogP contribution in [0, 0.1) is 5.82 Å². The third-order valence-electron chi connectivity index (χ3n) is 3.53. The molecule has 1 aromatic carbocycles.